The molecule has 0 saturated carbocycles. The SMILES string of the molecule is COc1ccccc1Oc1ccc(C(F)(F)F)cc1N=C(N)N=C(N)N. The van der Waals surface area contributed by atoms with Crippen LogP contribution in [0.1, 0.15) is 5.56 Å². The summed E-state index contributed by atoms with van der Waals surface area (Å²) in [5.74, 6) is -0.123. The van der Waals surface area contributed by atoms with Gasteiger partial charge in [0.25, 0.3) is 0 Å². The lowest BCUT2D eigenvalue weighted by Gasteiger charge is -2.14. The van der Waals surface area contributed by atoms with Crippen molar-refractivity contribution >= 4 is 17.6 Å². The highest BCUT2D eigenvalue weighted by Gasteiger charge is 2.31. The van der Waals surface area contributed by atoms with E-state index in [9.17, 15) is 13.2 Å². The van der Waals surface area contributed by atoms with Crippen LogP contribution in [0.25, 0.3) is 0 Å². The molecule has 26 heavy (non-hydrogen) atoms. The topological polar surface area (TPSA) is 121 Å². The average Bonchev–Trinajstić information content (AvgIpc) is 2.55. The minimum absolute atomic E-state index is 0.0104. The van der Waals surface area contributed by atoms with Crippen LogP contribution < -0.4 is 26.7 Å². The first-order valence-corrected chi connectivity index (χ1v) is 7.16. The van der Waals surface area contributed by atoms with Crippen molar-refractivity contribution in [2.75, 3.05) is 7.11 Å². The number of aliphatic imine (C=N–C) groups is 2. The second-order valence-electron chi connectivity index (χ2n) is 4.94. The summed E-state index contributed by atoms with van der Waals surface area (Å²) in [7, 11) is 1.44. The van der Waals surface area contributed by atoms with Crippen LogP contribution in [0.3, 0.4) is 0 Å². The van der Waals surface area contributed by atoms with Crippen molar-refractivity contribution in [2.24, 2.45) is 27.2 Å². The Kier molecular flexibility index (Phi) is 5.55. The van der Waals surface area contributed by atoms with Crippen LogP contribution in [-0.2, 0) is 6.18 Å². The van der Waals surface area contributed by atoms with Crippen LogP contribution in [0.4, 0.5) is 18.9 Å². The van der Waals surface area contributed by atoms with Gasteiger partial charge in [-0.15, -0.1) is 0 Å². The van der Waals surface area contributed by atoms with E-state index >= 15 is 0 Å². The van der Waals surface area contributed by atoms with E-state index in [0.29, 0.717) is 5.75 Å². The molecule has 0 aliphatic rings. The van der Waals surface area contributed by atoms with E-state index in [-0.39, 0.29) is 23.1 Å². The number of guanidine groups is 2. The molecule has 0 heterocycles. The number of para-hydroxylation sites is 2. The Morgan fingerprint density at radius 2 is 1.62 bits per heavy atom. The number of nitrogens with two attached hydrogens (primary N) is 3. The minimum atomic E-state index is -4.57. The number of nitrogens with zero attached hydrogens (tertiary/aromatic N) is 2. The Morgan fingerprint density at radius 1 is 0.962 bits per heavy atom. The fourth-order valence-corrected chi connectivity index (χ4v) is 1.97. The van der Waals surface area contributed by atoms with E-state index in [4.69, 9.17) is 26.7 Å². The van der Waals surface area contributed by atoms with Crippen molar-refractivity contribution in [3.8, 4) is 17.2 Å². The van der Waals surface area contributed by atoms with Crippen LogP contribution >= 0.6 is 0 Å². The molecule has 0 aliphatic heterocycles. The highest BCUT2D eigenvalue weighted by molar-refractivity contribution is 5.94. The molecule has 2 aromatic carbocycles. The molecule has 10 heteroatoms. The van der Waals surface area contributed by atoms with Crippen molar-refractivity contribution < 1.29 is 22.6 Å². The molecule has 7 nitrogen and oxygen atoms in total. The normalized spacial score (nSPS) is 11.8. The Hall–Kier alpha value is -3.43. The first kappa shape index (κ1) is 18.9. The van der Waals surface area contributed by atoms with Crippen molar-refractivity contribution in [1.29, 1.82) is 0 Å². The van der Waals surface area contributed by atoms with E-state index in [2.05, 4.69) is 9.98 Å². The largest absolute Gasteiger partial charge is 0.493 e. The minimum Gasteiger partial charge on any atom is -0.493 e. The molecule has 0 aliphatic carbocycles. The van der Waals surface area contributed by atoms with Gasteiger partial charge in [-0.3, -0.25) is 0 Å². The number of hydrogen-bond acceptors (Lipinski definition) is 3. The number of halogens is 3. The lowest BCUT2D eigenvalue weighted by molar-refractivity contribution is -0.137. The van der Waals surface area contributed by atoms with Crippen LogP contribution in [-0.4, -0.2) is 19.0 Å². The molecule has 0 aromatic heterocycles. The van der Waals surface area contributed by atoms with E-state index in [1.165, 1.54) is 7.11 Å². The van der Waals surface area contributed by atoms with E-state index < -0.39 is 17.7 Å². The molecule has 0 amide bonds. The number of hydrogen-bond donors (Lipinski definition) is 3. The van der Waals surface area contributed by atoms with Crippen LogP contribution in [0.15, 0.2) is 52.4 Å². The van der Waals surface area contributed by atoms with Gasteiger partial charge in [0.15, 0.2) is 23.2 Å². The Bertz CT molecular complexity index is 846. The Morgan fingerprint density at radius 3 is 2.19 bits per heavy atom. The van der Waals surface area contributed by atoms with Crippen LogP contribution in [0, 0.1) is 0 Å². The molecule has 0 fully saturated rings. The average molecular weight is 367 g/mol. The summed E-state index contributed by atoms with van der Waals surface area (Å²) in [6.07, 6.45) is -4.57. The molecule has 0 saturated heterocycles. The zero-order valence-electron chi connectivity index (χ0n) is 13.6. The second kappa shape index (κ2) is 7.64. The van der Waals surface area contributed by atoms with Crippen LogP contribution in [0.5, 0.6) is 17.2 Å². The lowest BCUT2D eigenvalue weighted by Crippen LogP contribution is -2.26. The van der Waals surface area contributed by atoms with Gasteiger partial charge < -0.3 is 26.7 Å². The van der Waals surface area contributed by atoms with Crippen molar-refractivity contribution in [2.45, 2.75) is 6.18 Å². The predicted octanol–water partition coefficient (Wildman–Crippen LogP) is 2.73. The summed E-state index contributed by atoms with van der Waals surface area (Å²) in [5.41, 5.74) is 14.8. The highest BCUT2D eigenvalue weighted by atomic mass is 19.4. The first-order chi connectivity index (χ1) is 12.2. The molecule has 2 aromatic rings. The molecule has 0 spiro atoms. The highest BCUT2D eigenvalue weighted by Crippen LogP contribution is 2.40. The van der Waals surface area contributed by atoms with Gasteiger partial charge in [0.1, 0.15) is 5.69 Å². The number of rotatable bonds is 4. The van der Waals surface area contributed by atoms with Crippen molar-refractivity contribution in [3.63, 3.8) is 0 Å². The zero-order chi connectivity index (χ0) is 19.3. The van der Waals surface area contributed by atoms with Gasteiger partial charge in [-0.25, -0.2) is 4.99 Å². The van der Waals surface area contributed by atoms with Crippen molar-refractivity contribution in [1.82, 2.24) is 0 Å². The fraction of sp³-hybridized carbons (Fsp3) is 0.125. The second-order valence-corrected chi connectivity index (χ2v) is 4.94. The van der Waals surface area contributed by atoms with E-state index in [0.717, 1.165) is 18.2 Å². The van der Waals surface area contributed by atoms with E-state index in [1.807, 2.05) is 0 Å². The molecule has 138 valence electrons. The lowest BCUT2D eigenvalue weighted by atomic mass is 10.2. The third-order valence-corrected chi connectivity index (χ3v) is 3.05. The quantitative estimate of drug-likeness (QED) is 0.567. The number of benzene rings is 2. The summed E-state index contributed by atoms with van der Waals surface area (Å²) in [5, 5.41) is 0. The predicted molar refractivity (Wildman–Crippen MR) is 91.6 cm³/mol. The van der Waals surface area contributed by atoms with Gasteiger partial charge in [-0.1, -0.05) is 12.1 Å². The first-order valence-electron chi connectivity index (χ1n) is 7.16. The number of methoxy groups -OCH3 is 1. The molecular weight excluding hydrogens is 351 g/mol. The van der Waals surface area contributed by atoms with Gasteiger partial charge >= 0.3 is 6.18 Å². The van der Waals surface area contributed by atoms with Gasteiger partial charge in [-0.2, -0.15) is 18.2 Å². The molecule has 2 rings (SSSR count). The third kappa shape index (κ3) is 4.79. The van der Waals surface area contributed by atoms with Gasteiger partial charge in [-0.05, 0) is 30.3 Å². The van der Waals surface area contributed by atoms with Gasteiger partial charge in [0, 0.05) is 0 Å². The molecule has 0 bridgehead atoms. The zero-order valence-corrected chi connectivity index (χ0v) is 13.6. The molecule has 0 unspecified atom stereocenters. The molecule has 0 radical (unpaired) electrons. The fourth-order valence-electron chi connectivity index (χ4n) is 1.97. The number of alkyl halides is 3. The van der Waals surface area contributed by atoms with Gasteiger partial charge in [0.05, 0.1) is 12.7 Å². The summed E-state index contributed by atoms with van der Waals surface area (Å²) < 4.78 is 49.7. The third-order valence-electron chi connectivity index (χ3n) is 3.05. The summed E-state index contributed by atoms with van der Waals surface area (Å²) in [4.78, 5) is 7.29. The summed E-state index contributed by atoms with van der Waals surface area (Å²) in [6, 6.07) is 9.38. The molecule has 6 N–H and O–H groups in total. The number of ether oxygens (including phenoxy) is 2. The summed E-state index contributed by atoms with van der Waals surface area (Å²) >= 11 is 0. The standard InChI is InChI=1S/C16H16F3N5O2/c1-25-12-4-2-3-5-13(12)26-11-7-6-9(16(17,18)19)8-10(11)23-15(22)24-14(20)21/h2-8H,1H3,(H6,20,21,22,23,24). The van der Waals surface area contributed by atoms with Crippen molar-refractivity contribution in [3.05, 3.63) is 48.0 Å². The molecule has 0 atom stereocenters. The Labute approximate surface area is 146 Å². The van der Waals surface area contributed by atoms with Gasteiger partial charge in [0.2, 0.25) is 5.96 Å². The molecular formula is C16H16F3N5O2. The maximum atomic E-state index is 13.0. The maximum Gasteiger partial charge on any atom is 0.416 e. The van der Waals surface area contributed by atoms with E-state index in [1.54, 1.807) is 24.3 Å². The summed E-state index contributed by atoms with van der Waals surface area (Å²) in [6.45, 7) is 0. The smallest absolute Gasteiger partial charge is 0.416 e. The monoisotopic (exact) mass is 367 g/mol. The maximum absolute atomic E-state index is 13.0. The Balaban J connectivity index is 2.52. The van der Waals surface area contributed by atoms with Crippen LogP contribution in [0.2, 0.25) is 0 Å².